The van der Waals surface area contributed by atoms with Gasteiger partial charge < -0.3 is 10.1 Å². The molecular weight excluding hydrogens is 402 g/mol. The molecule has 0 aliphatic carbocycles. The highest BCUT2D eigenvalue weighted by Gasteiger charge is 2.34. The van der Waals surface area contributed by atoms with E-state index in [1.165, 1.54) is 23.8 Å². The summed E-state index contributed by atoms with van der Waals surface area (Å²) < 4.78 is 4.66. The molecule has 1 atom stereocenters. The molecule has 2 aromatic rings. The molecule has 1 fully saturated rings. The summed E-state index contributed by atoms with van der Waals surface area (Å²) in [5, 5.41) is 2.68. The van der Waals surface area contributed by atoms with Crippen molar-refractivity contribution in [2.45, 2.75) is 25.5 Å². The highest BCUT2D eigenvalue weighted by Crippen LogP contribution is 2.29. The van der Waals surface area contributed by atoms with Gasteiger partial charge in [-0.15, -0.1) is 0 Å². The predicted octanol–water partition coefficient (Wildman–Crippen LogP) is 3.68. The Hall–Kier alpha value is -3.13. The minimum atomic E-state index is -0.598. The lowest BCUT2D eigenvalue weighted by atomic mass is 10.1. The summed E-state index contributed by atoms with van der Waals surface area (Å²) in [7, 11) is 2.97. The number of nitrogens with zero attached hydrogens (tertiary/aromatic N) is 2. The Bertz CT molecular complexity index is 1020. The molecule has 0 saturated carbocycles. The molecule has 0 bridgehead atoms. The molecule has 0 radical (unpaired) electrons. The summed E-state index contributed by atoms with van der Waals surface area (Å²) in [6, 6.07) is 12.2. The number of methoxy groups -OCH3 is 1. The van der Waals surface area contributed by atoms with Crippen LogP contribution < -0.4 is 5.32 Å². The van der Waals surface area contributed by atoms with Crippen molar-refractivity contribution in [2.24, 2.45) is 4.99 Å². The van der Waals surface area contributed by atoms with Gasteiger partial charge in [0, 0.05) is 19.2 Å². The summed E-state index contributed by atoms with van der Waals surface area (Å²) in [5.41, 5.74) is 3.93. The maximum atomic E-state index is 12.7. The van der Waals surface area contributed by atoms with Gasteiger partial charge in [0.2, 0.25) is 11.8 Å². The fourth-order valence-electron chi connectivity index (χ4n) is 2.83. The van der Waals surface area contributed by atoms with Crippen molar-refractivity contribution in [3.8, 4) is 0 Å². The fraction of sp³-hybridized carbons (Fsp3) is 0.273. The number of ether oxygens (including phenoxy) is 1. The molecule has 8 heteroatoms. The molecule has 1 aliphatic heterocycles. The predicted molar refractivity (Wildman–Crippen MR) is 118 cm³/mol. The van der Waals surface area contributed by atoms with E-state index in [2.05, 4.69) is 15.0 Å². The smallest absolute Gasteiger partial charge is 0.337 e. The second kappa shape index (κ2) is 9.13. The molecule has 0 spiro atoms. The van der Waals surface area contributed by atoms with Crippen molar-refractivity contribution >= 4 is 46.1 Å². The van der Waals surface area contributed by atoms with Crippen LogP contribution in [0.15, 0.2) is 47.5 Å². The van der Waals surface area contributed by atoms with Gasteiger partial charge in [0.1, 0.15) is 5.25 Å². The number of aryl methyl sites for hydroxylation is 2. The topological polar surface area (TPSA) is 88.1 Å². The van der Waals surface area contributed by atoms with Crippen molar-refractivity contribution < 1.29 is 19.1 Å². The van der Waals surface area contributed by atoms with E-state index in [1.807, 2.05) is 32.0 Å². The van der Waals surface area contributed by atoms with E-state index >= 15 is 0 Å². The van der Waals surface area contributed by atoms with Gasteiger partial charge in [-0.25, -0.2) is 9.79 Å². The number of carbonyl (C=O) groups excluding carboxylic acids is 3. The van der Waals surface area contributed by atoms with E-state index in [1.54, 1.807) is 31.3 Å². The number of nitrogens with one attached hydrogen (secondary N) is 1. The van der Waals surface area contributed by atoms with Gasteiger partial charge in [-0.1, -0.05) is 17.8 Å². The third-order valence-corrected chi connectivity index (χ3v) is 6.09. The molecule has 7 nitrogen and oxygen atoms in total. The molecule has 30 heavy (non-hydrogen) atoms. The second-order valence-electron chi connectivity index (χ2n) is 6.98. The largest absolute Gasteiger partial charge is 0.465 e. The van der Waals surface area contributed by atoms with Crippen LogP contribution in [0.3, 0.4) is 0 Å². The van der Waals surface area contributed by atoms with E-state index in [-0.39, 0.29) is 18.2 Å². The number of hydrogen-bond donors (Lipinski definition) is 1. The third kappa shape index (κ3) is 4.88. The van der Waals surface area contributed by atoms with Crippen LogP contribution in [0.4, 0.5) is 11.4 Å². The van der Waals surface area contributed by atoms with Crippen LogP contribution in [0.5, 0.6) is 0 Å². The van der Waals surface area contributed by atoms with Crippen LogP contribution >= 0.6 is 11.8 Å². The van der Waals surface area contributed by atoms with Gasteiger partial charge in [0.15, 0.2) is 5.17 Å². The summed E-state index contributed by atoms with van der Waals surface area (Å²) >= 11 is 1.26. The van der Waals surface area contributed by atoms with Gasteiger partial charge in [-0.2, -0.15) is 0 Å². The zero-order valence-electron chi connectivity index (χ0n) is 17.3. The monoisotopic (exact) mass is 425 g/mol. The highest BCUT2D eigenvalue weighted by molar-refractivity contribution is 8.15. The third-order valence-electron chi connectivity index (χ3n) is 4.85. The summed E-state index contributed by atoms with van der Waals surface area (Å²) in [5.74, 6) is -0.908. The van der Waals surface area contributed by atoms with Crippen molar-refractivity contribution in [3.63, 3.8) is 0 Å². The first-order valence-corrected chi connectivity index (χ1v) is 10.2. The van der Waals surface area contributed by atoms with Crippen molar-refractivity contribution in [3.05, 3.63) is 59.2 Å². The molecule has 156 valence electrons. The maximum Gasteiger partial charge on any atom is 0.337 e. The first kappa shape index (κ1) is 21.6. The van der Waals surface area contributed by atoms with Gasteiger partial charge >= 0.3 is 5.97 Å². The van der Waals surface area contributed by atoms with Crippen molar-refractivity contribution in [1.29, 1.82) is 0 Å². The first-order valence-electron chi connectivity index (χ1n) is 9.37. The molecule has 0 aromatic heterocycles. The molecule has 2 aromatic carbocycles. The number of carbonyl (C=O) groups is 3. The normalized spacial score (nSPS) is 17.7. The molecule has 2 amide bonds. The second-order valence-corrected chi connectivity index (χ2v) is 8.15. The Morgan fingerprint density at radius 3 is 2.47 bits per heavy atom. The standard InChI is InChI=1S/C22H23N3O4S/c1-13-5-8-17(11-14(13)2)24-22-25(3)19(26)12-18(30-22)20(27)23-16-9-6-15(7-10-16)21(28)29-4/h5-11,18H,12H2,1-4H3,(H,23,27). The van der Waals surface area contributed by atoms with Gasteiger partial charge in [0.25, 0.3) is 0 Å². The molecule has 1 saturated heterocycles. The van der Waals surface area contributed by atoms with Crippen LogP contribution in [0.25, 0.3) is 0 Å². The van der Waals surface area contributed by atoms with E-state index in [9.17, 15) is 14.4 Å². The number of rotatable bonds is 4. The van der Waals surface area contributed by atoms with Crippen molar-refractivity contribution in [2.75, 3.05) is 19.5 Å². The Morgan fingerprint density at radius 2 is 1.83 bits per heavy atom. The number of hydrogen-bond acceptors (Lipinski definition) is 6. The number of amides is 2. The highest BCUT2D eigenvalue weighted by atomic mass is 32.2. The number of anilines is 1. The summed E-state index contributed by atoms with van der Waals surface area (Å²) in [4.78, 5) is 42.8. The average Bonchev–Trinajstić information content (AvgIpc) is 2.73. The number of amidine groups is 1. The lowest BCUT2D eigenvalue weighted by Crippen LogP contribution is -2.43. The minimum absolute atomic E-state index is 0.0825. The van der Waals surface area contributed by atoms with Crippen LogP contribution in [0.2, 0.25) is 0 Å². The Labute approximate surface area is 179 Å². The van der Waals surface area contributed by atoms with E-state index in [0.717, 1.165) is 16.8 Å². The fourth-order valence-corrected chi connectivity index (χ4v) is 3.90. The zero-order valence-corrected chi connectivity index (χ0v) is 18.1. The molecule has 1 heterocycles. The molecule has 3 rings (SSSR count). The van der Waals surface area contributed by atoms with Crippen LogP contribution in [0.1, 0.15) is 27.9 Å². The Morgan fingerprint density at radius 1 is 1.13 bits per heavy atom. The van der Waals surface area contributed by atoms with E-state index in [0.29, 0.717) is 16.4 Å². The molecule has 1 unspecified atom stereocenters. The van der Waals surface area contributed by atoms with Gasteiger partial charge in [0.05, 0.1) is 18.4 Å². The van der Waals surface area contributed by atoms with E-state index in [4.69, 9.17) is 0 Å². The number of aliphatic imine (C=N–C) groups is 1. The molecule has 1 N–H and O–H groups in total. The van der Waals surface area contributed by atoms with Crippen LogP contribution in [-0.2, 0) is 14.3 Å². The first-order chi connectivity index (χ1) is 14.3. The SMILES string of the molecule is COC(=O)c1ccc(NC(=O)C2CC(=O)N(C)C(=Nc3ccc(C)c(C)c3)S2)cc1. The lowest BCUT2D eigenvalue weighted by Gasteiger charge is -2.28. The van der Waals surface area contributed by atoms with E-state index < -0.39 is 11.2 Å². The Kier molecular flexibility index (Phi) is 6.56. The minimum Gasteiger partial charge on any atom is -0.465 e. The molecular formula is C22H23N3O4S. The Balaban J connectivity index is 1.74. The lowest BCUT2D eigenvalue weighted by molar-refractivity contribution is -0.128. The summed E-state index contributed by atoms with van der Waals surface area (Å²) in [6.07, 6.45) is 0.0825. The molecule has 1 aliphatic rings. The van der Waals surface area contributed by atoms with Gasteiger partial charge in [-0.3, -0.25) is 14.5 Å². The summed E-state index contributed by atoms with van der Waals surface area (Å²) in [6.45, 7) is 4.03. The number of benzene rings is 2. The van der Waals surface area contributed by atoms with Crippen LogP contribution in [-0.4, -0.2) is 47.3 Å². The quantitative estimate of drug-likeness (QED) is 0.755. The number of thioether (sulfide) groups is 1. The van der Waals surface area contributed by atoms with Crippen molar-refractivity contribution in [1.82, 2.24) is 4.90 Å². The van der Waals surface area contributed by atoms with Crippen LogP contribution in [0, 0.1) is 13.8 Å². The number of esters is 1. The van der Waals surface area contributed by atoms with Gasteiger partial charge in [-0.05, 0) is 61.4 Å². The average molecular weight is 426 g/mol. The maximum absolute atomic E-state index is 12.7. The zero-order chi connectivity index (χ0) is 21.8.